The number of hydrogen-bond donors (Lipinski definition) is 1. The normalized spacial score (nSPS) is 9.17. The Morgan fingerprint density at radius 3 is 2.50 bits per heavy atom. The van der Waals surface area contributed by atoms with Crippen molar-refractivity contribution in [3.8, 4) is 0 Å². The molecule has 0 aromatic heterocycles. The van der Waals surface area contributed by atoms with Crippen LogP contribution in [-0.4, -0.2) is 4.89 Å². The van der Waals surface area contributed by atoms with Crippen LogP contribution in [0.1, 0.15) is 0 Å². The van der Waals surface area contributed by atoms with Crippen LogP contribution in [0.2, 0.25) is 0 Å². The van der Waals surface area contributed by atoms with E-state index in [0.717, 1.165) is 5.82 Å². The molecule has 1 unspecified atom stereocenters. The first-order chi connectivity index (χ1) is 2.77. The molecule has 0 amide bonds. The first-order valence-electron chi connectivity index (χ1n) is 1.28. The van der Waals surface area contributed by atoms with E-state index in [9.17, 15) is 4.57 Å². The van der Waals surface area contributed by atoms with Crippen LogP contribution in [0.5, 0.6) is 0 Å². The summed E-state index contributed by atoms with van der Waals surface area (Å²) in [7, 11) is -2.15. The lowest BCUT2D eigenvalue weighted by Crippen LogP contribution is -1.37. The molecule has 0 radical (unpaired) electrons. The molecule has 6 heavy (non-hydrogen) atoms. The Bertz CT molecular complexity index is 101. The molecule has 0 fully saturated rings. The summed E-state index contributed by atoms with van der Waals surface area (Å²) < 4.78 is 9.59. The summed E-state index contributed by atoms with van der Waals surface area (Å²) >= 11 is 0. The fraction of sp³-hybridized carbons (Fsp3) is 0. The van der Waals surface area contributed by atoms with Gasteiger partial charge in [-0.3, -0.25) is 0 Å². The minimum absolute atomic E-state index is 0.995. The van der Waals surface area contributed by atoms with Gasteiger partial charge in [-0.15, -0.1) is 0 Å². The van der Waals surface area contributed by atoms with Crippen molar-refractivity contribution in [2.75, 3.05) is 0 Å². The van der Waals surface area contributed by atoms with E-state index >= 15 is 0 Å². The summed E-state index contributed by atoms with van der Waals surface area (Å²) in [5, 5.41) is 0. The van der Waals surface area contributed by atoms with Crippen LogP contribution in [0.25, 0.3) is 0 Å². The Labute approximate surface area is 36.7 Å². The van der Waals surface area contributed by atoms with Crippen LogP contribution in [0.4, 0.5) is 0 Å². The van der Waals surface area contributed by atoms with Crippen molar-refractivity contribution in [2.45, 2.75) is 0 Å². The van der Waals surface area contributed by atoms with Crippen LogP contribution in [0.15, 0.2) is 18.1 Å². The fourth-order valence-electron chi connectivity index (χ4n) is 0.0781. The highest BCUT2D eigenvalue weighted by molar-refractivity contribution is 7.41. The molecule has 0 saturated heterocycles. The largest absolute Gasteiger partial charge is 0.546 e. The summed E-state index contributed by atoms with van der Waals surface area (Å²) in [6.07, 6.45) is 0. The van der Waals surface area contributed by atoms with Gasteiger partial charge in [0.05, 0.1) is 0 Å². The number of rotatable bonds is 1. The Balaban J connectivity index is 3.60. The molecule has 0 aliphatic heterocycles. The molecule has 0 spiro atoms. The highest BCUT2D eigenvalue weighted by atomic mass is 31.1. The van der Waals surface area contributed by atoms with Crippen molar-refractivity contribution >= 4 is 8.03 Å². The standard InChI is InChI=1S/C3H3O2P/c1-2-3-6(4)5/h3H,1H2/p+1. The Morgan fingerprint density at radius 1 is 2.00 bits per heavy atom. The van der Waals surface area contributed by atoms with Gasteiger partial charge in [-0.25, -0.2) is 0 Å². The van der Waals surface area contributed by atoms with E-state index in [2.05, 4.69) is 12.3 Å². The zero-order chi connectivity index (χ0) is 4.99. The van der Waals surface area contributed by atoms with E-state index in [-0.39, 0.29) is 0 Å². The molecule has 0 saturated carbocycles. The summed E-state index contributed by atoms with van der Waals surface area (Å²) in [6.45, 7) is 3.08. The monoisotopic (exact) mass is 103 g/mol. The molecule has 32 valence electrons. The lowest BCUT2D eigenvalue weighted by atomic mass is 11.0. The predicted octanol–water partition coefficient (Wildman–Crippen LogP) is 1.02. The maximum absolute atomic E-state index is 9.59. The maximum Gasteiger partial charge on any atom is 0.546 e. The van der Waals surface area contributed by atoms with Crippen LogP contribution < -0.4 is 0 Å². The van der Waals surface area contributed by atoms with Gasteiger partial charge in [0.2, 0.25) is 5.82 Å². The van der Waals surface area contributed by atoms with Gasteiger partial charge in [0.25, 0.3) is 0 Å². The van der Waals surface area contributed by atoms with Crippen LogP contribution in [0, 0.1) is 0 Å². The molecule has 0 aliphatic rings. The zero-order valence-electron chi connectivity index (χ0n) is 3.09. The Hall–Kier alpha value is -0.420. The molecule has 1 atom stereocenters. The second-order valence-electron chi connectivity index (χ2n) is 0.636. The number of hydrogen-bond acceptors (Lipinski definition) is 1. The molecule has 2 nitrogen and oxygen atoms in total. The average Bonchev–Trinajstić information content (AvgIpc) is 1.35. The first kappa shape index (κ1) is 5.58. The van der Waals surface area contributed by atoms with Crippen LogP contribution in [0.3, 0.4) is 0 Å². The molecular formula is C3H4O2P+. The minimum Gasteiger partial charge on any atom is -0.156 e. The third-order valence-corrected chi connectivity index (χ3v) is 0.605. The average molecular weight is 103 g/mol. The van der Waals surface area contributed by atoms with Crippen molar-refractivity contribution in [1.82, 2.24) is 0 Å². The highest BCUT2D eigenvalue weighted by Gasteiger charge is 1.96. The maximum atomic E-state index is 9.59. The van der Waals surface area contributed by atoms with Crippen molar-refractivity contribution in [3.63, 3.8) is 0 Å². The molecular weight excluding hydrogens is 99.0 g/mol. The third-order valence-electron chi connectivity index (χ3n) is 0.202. The summed E-state index contributed by atoms with van der Waals surface area (Å²) in [5.74, 6) is 0.995. The molecule has 0 aromatic carbocycles. The van der Waals surface area contributed by atoms with Gasteiger partial charge in [0.15, 0.2) is 0 Å². The third kappa shape index (κ3) is 3.58. The van der Waals surface area contributed by atoms with Gasteiger partial charge < -0.3 is 0 Å². The minimum atomic E-state index is -2.15. The van der Waals surface area contributed by atoms with Crippen molar-refractivity contribution in [3.05, 3.63) is 18.1 Å². The zero-order valence-corrected chi connectivity index (χ0v) is 3.98. The van der Waals surface area contributed by atoms with Gasteiger partial charge in [-0.2, -0.15) is 4.89 Å². The fourth-order valence-corrected chi connectivity index (χ4v) is 0.234. The smallest absolute Gasteiger partial charge is 0.156 e. The first-order valence-corrected chi connectivity index (χ1v) is 2.56. The topological polar surface area (TPSA) is 37.3 Å². The van der Waals surface area contributed by atoms with E-state index < -0.39 is 8.03 Å². The van der Waals surface area contributed by atoms with Gasteiger partial charge in [0, 0.05) is 0 Å². The Morgan fingerprint density at radius 2 is 2.50 bits per heavy atom. The molecule has 1 N–H and O–H groups in total. The molecule has 3 heteroatoms. The van der Waals surface area contributed by atoms with Crippen molar-refractivity contribution in [1.29, 1.82) is 0 Å². The van der Waals surface area contributed by atoms with Crippen LogP contribution in [-0.2, 0) is 4.57 Å². The summed E-state index contributed by atoms with van der Waals surface area (Å²) in [5.41, 5.74) is 2.16. The molecule has 0 bridgehead atoms. The van der Waals surface area contributed by atoms with E-state index in [1.54, 1.807) is 0 Å². The van der Waals surface area contributed by atoms with Crippen LogP contribution >= 0.6 is 8.03 Å². The van der Waals surface area contributed by atoms with E-state index in [0.29, 0.717) is 0 Å². The Kier molecular flexibility index (Phi) is 2.60. The van der Waals surface area contributed by atoms with Gasteiger partial charge in [-0.05, 0) is 4.57 Å². The second-order valence-corrected chi connectivity index (χ2v) is 1.50. The quantitative estimate of drug-likeness (QED) is 0.397. The van der Waals surface area contributed by atoms with Gasteiger partial charge >= 0.3 is 8.03 Å². The predicted molar refractivity (Wildman–Crippen MR) is 23.5 cm³/mol. The van der Waals surface area contributed by atoms with Gasteiger partial charge in [-0.1, -0.05) is 12.3 Å². The second kappa shape index (κ2) is 2.80. The molecule has 0 heterocycles. The molecule has 0 rings (SSSR count). The lowest BCUT2D eigenvalue weighted by Gasteiger charge is -1.44. The van der Waals surface area contributed by atoms with Gasteiger partial charge in [0.1, 0.15) is 0 Å². The SMILES string of the molecule is C=C=C[P+](=O)O. The highest BCUT2D eigenvalue weighted by Crippen LogP contribution is 2.11. The lowest BCUT2D eigenvalue weighted by molar-refractivity contribution is 0.512. The van der Waals surface area contributed by atoms with Crippen molar-refractivity contribution in [2.24, 2.45) is 0 Å². The molecule has 0 aromatic rings. The van der Waals surface area contributed by atoms with E-state index in [4.69, 9.17) is 4.89 Å². The van der Waals surface area contributed by atoms with E-state index in [1.165, 1.54) is 0 Å². The summed E-state index contributed by atoms with van der Waals surface area (Å²) in [4.78, 5) is 7.90. The summed E-state index contributed by atoms with van der Waals surface area (Å²) in [6, 6.07) is 0. The molecule has 0 aliphatic carbocycles. The van der Waals surface area contributed by atoms with Crippen molar-refractivity contribution < 1.29 is 9.46 Å². The van der Waals surface area contributed by atoms with E-state index in [1.807, 2.05) is 0 Å².